The second-order valence-corrected chi connectivity index (χ2v) is 6.59. The van der Waals surface area contributed by atoms with Crippen LogP contribution in [-0.2, 0) is 11.3 Å². The molecule has 0 radical (unpaired) electrons. The van der Waals surface area contributed by atoms with Crippen LogP contribution in [0.15, 0.2) is 29.3 Å². The predicted molar refractivity (Wildman–Crippen MR) is 93.8 cm³/mol. The summed E-state index contributed by atoms with van der Waals surface area (Å²) in [4.78, 5) is 28.9. The third-order valence-electron chi connectivity index (χ3n) is 4.69. The van der Waals surface area contributed by atoms with Crippen molar-refractivity contribution in [2.45, 2.75) is 46.3 Å². The molecule has 6 nitrogen and oxygen atoms in total. The maximum absolute atomic E-state index is 12.5. The van der Waals surface area contributed by atoms with E-state index in [1.54, 1.807) is 19.1 Å². The van der Waals surface area contributed by atoms with Crippen molar-refractivity contribution in [3.63, 3.8) is 0 Å². The summed E-state index contributed by atoms with van der Waals surface area (Å²) in [7, 11) is 0. The summed E-state index contributed by atoms with van der Waals surface area (Å²) < 4.78 is 1.29. The van der Waals surface area contributed by atoms with Gasteiger partial charge in [-0.1, -0.05) is 32.4 Å². The lowest BCUT2D eigenvalue weighted by Gasteiger charge is -2.29. The first kappa shape index (κ1) is 18.1. The maximum Gasteiger partial charge on any atom is 0.261 e. The third-order valence-corrected chi connectivity index (χ3v) is 4.69. The molecule has 0 aliphatic carbocycles. The molecule has 0 aliphatic heterocycles. The molecule has 0 saturated carbocycles. The van der Waals surface area contributed by atoms with Gasteiger partial charge in [0.05, 0.1) is 22.8 Å². The fourth-order valence-corrected chi connectivity index (χ4v) is 2.55. The van der Waals surface area contributed by atoms with Gasteiger partial charge in [0.2, 0.25) is 5.91 Å². The number of para-hydroxylation sites is 1. The molecule has 0 bridgehead atoms. The summed E-state index contributed by atoms with van der Waals surface area (Å²) >= 11 is 0. The average molecular weight is 331 g/mol. The standard InChI is InChI=1S/C18H25N3O3/c1-5-13(3)18(4,24)10-19-15(22)9-21-11-20-16-12(2)7-6-8-14(16)17(21)23/h6-8,11,13,24H,5,9-10H2,1-4H3,(H,19,22). The molecule has 1 aromatic heterocycles. The van der Waals surface area contributed by atoms with Gasteiger partial charge in [-0.3, -0.25) is 14.2 Å². The van der Waals surface area contributed by atoms with Crippen molar-refractivity contribution >= 4 is 16.8 Å². The molecule has 1 amide bonds. The van der Waals surface area contributed by atoms with Crippen molar-refractivity contribution in [1.29, 1.82) is 0 Å². The molecular weight excluding hydrogens is 306 g/mol. The highest BCUT2D eigenvalue weighted by Gasteiger charge is 2.27. The van der Waals surface area contributed by atoms with E-state index in [4.69, 9.17) is 0 Å². The Hall–Kier alpha value is -2.21. The Bertz CT molecular complexity index is 796. The maximum atomic E-state index is 12.5. The number of hydrogen-bond acceptors (Lipinski definition) is 4. The number of carbonyl (C=O) groups excluding carboxylic acids is 1. The Morgan fingerprint density at radius 1 is 1.46 bits per heavy atom. The third kappa shape index (κ3) is 3.82. The minimum atomic E-state index is -0.978. The summed E-state index contributed by atoms with van der Waals surface area (Å²) in [6.07, 6.45) is 2.21. The van der Waals surface area contributed by atoms with Gasteiger partial charge in [0.25, 0.3) is 5.56 Å². The van der Waals surface area contributed by atoms with E-state index < -0.39 is 5.60 Å². The first-order valence-electron chi connectivity index (χ1n) is 8.20. The lowest BCUT2D eigenvalue weighted by molar-refractivity contribution is -0.123. The van der Waals surface area contributed by atoms with Crippen LogP contribution >= 0.6 is 0 Å². The molecule has 2 N–H and O–H groups in total. The molecule has 0 spiro atoms. The summed E-state index contributed by atoms with van der Waals surface area (Å²) in [5.74, 6) is -0.264. The molecule has 2 rings (SSSR count). The normalized spacial score (nSPS) is 15.0. The summed E-state index contributed by atoms with van der Waals surface area (Å²) in [5, 5.41) is 13.5. The van der Waals surface area contributed by atoms with Gasteiger partial charge in [0, 0.05) is 6.54 Å². The highest BCUT2D eigenvalue weighted by atomic mass is 16.3. The minimum Gasteiger partial charge on any atom is -0.388 e. The molecule has 0 saturated heterocycles. The van der Waals surface area contributed by atoms with Gasteiger partial charge in [-0.2, -0.15) is 0 Å². The number of fused-ring (bicyclic) bond motifs is 1. The Kier molecular flexibility index (Phi) is 5.39. The number of hydrogen-bond donors (Lipinski definition) is 2. The Balaban J connectivity index is 2.11. The molecule has 6 heteroatoms. The lowest BCUT2D eigenvalue weighted by Crippen LogP contribution is -2.46. The van der Waals surface area contributed by atoms with E-state index in [0.717, 1.165) is 12.0 Å². The summed E-state index contributed by atoms with van der Waals surface area (Å²) in [6.45, 7) is 7.55. The van der Waals surface area contributed by atoms with Crippen LogP contribution in [0.5, 0.6) is 0 Å². The Morgan fingerprint density at radius 2 is 2.17 bits per heavy atom. The summed E-state index contributed by atoms with van der Waals surface area (Å²) in [5.41, 5.74) is 0.353. The lowest BCUT2D eigenvalue weighted by atomic mass is 9.89. The van der Waals surface area contributed by atoms with Gasteiger partial charge < -0.3 is 10.4 Å². The van der Waals surface area contributed by atoms with Gasteiger partial charge in [-0.15, -0.1) is 0 Å². The number of aryl methyl sites for hydroxylation is 1. The van der Waals surface area contributed by atoms with Crippen LogP contribution in [0, 0.1) is 12.8 Å². The molecule has 0 aliphatic rings. The van der Waals surface area contributed by atoms with Crippen molar-refractivity contribution in [3.05, 3.63) is 40.4 Å². The fourth-order valence-electron chi connectivity index (χ4n) is 2.55. The van der Waals surface area contributed by atoms with Gasteiger partial charge in [0.15, 0.2) is 0 Å². The summed E-state index contributed by atoms with van der Waals surface area (Å²) in [6, 6.07) is 5.40. The van der Waals surface area contributed by atoms with Crippen LogP contribution in [-0.4, -0.2) is 32.7 Å². The second-order valence-electron chi connectivity index (χ2n) is 6.59. The molecule has 1 heterocycles. The number of aromatic nitrogens is 2. The molecule has 0 fully saturated rings. The van der Waals surface area contributed by atoms with Crippen molar-refractivity contribution < 1.29 is 9.90 Å². The zero-order valence-electron chi connectivity index (χ0n) is 14.7. The first-order chi connectivity index (χ1) is 11.3. The van der Waals surface area contributed by atoms with Gasteiger partial charge >= 0.3 is 0 Å². The minimum absolute atomic E-state index is 0.0610. The average Bonchev–Trinajstić information content (AvgIpc) is 2.55. The van der Waals surface area contributed by atoms with Crippen LogP contribution in [0.3, 0.4) is 0 Å². The SMILES string of the molecule is CCC(C)C(C)(O)CNC(=O)Cn1cnc2c(C)cccc2c1=O. The smallest absolute Gasteiger partial charge is 0.261 e. The molecule has 1 aromatic carbocycles. The Morgan fingerprint density at radius 3 is 2.83 bits per heavy atom. The zero-order valence-corrected chi connectivity index (χ0v) is 14.7. The van der Waals surface area contributed by atoms with E-state index in [0.29, 0.717) is 10.9 Å². The van der Waals surface area contributed by atoms with Crippen LogP contribution in [0.25, 0.3) is 10.9 Å². The molecular formula is C18H25N3O3. The van der Waals surface area contributed by atoms with Gasteiger partial charge in [-0.25, -0.2) is 4.98 Å². The number of rotatable bonds is 6. The monoisotopic (exact) mass is 331 g/mol. The number of aliphatic hydroxyl groups is 1. The zero-order chi connectivity index (χ0) is 17.9. The quantitative estimate of drug-likeness (QED) is 0.842. The van der Waals surface area contributed by atoms with E-state index in [-0.39, 0.29) is 30.5 Å². The van der Waals surface area contributed by atoms with Crippen LogP contribution in [0.1, 0.15) is 32.8 Å². The number of amides is 1. The number of carbonyl (C=O) groups is 1. The molecule has 2 unspecified atom stereocenters. The first-order valence-corrected chi connectivity index (χ1v) is 8.20. The van der Waals surface area contributed by atoms with Crippen LogP contribution in [0.2, 0.25) is 0 Å². The molecule has 130 valence electrons. The topological polar surface area (TPSA) is 84.2 Å². The highest BCUT2D eigenvalue weighted by molar-refractivity contribution is 5.81. The van der Waals surface area contributed by atoms with E-state index in [1.165, 1.54) is 10.9 Å². The number of nitrogens with one attached hydrogen (secondary N) is 1. The van der Waals surface area contributed by atoms with Crippen molar-refractivity contribution in [1.82, 2.24) is 14.9 Å². The Labute approximate surface area is 141 Å². The van der Waals surface area contributed by atoms with E-state index >= 15 is 0 Å². The van der Waals surface area contributed by atoms with Crippen molar-refractivity contribution in [2.75, 3.05) is 6.54 Å². The number of benzene rings is 1. The predicted octanol–water partition coefficient (Wildman–Crippen LogP) is 1.62. The van der Waals surface area contributed by atoms with Gasteiger partial charge in [0.1, 0.15) is 6.54 Å². The van der Waals surface area contributed by atoms with Crippen molar-refractivity contribution in [3.8, 4) is 0 Å². The van der Waals surface area contributed by atoms with E-state index in [1.807, 2.05) is 26.8 Å². The highest BCUT2D eigenvalue weighted by Crippen LogP contribution is 2.18. The van der Waals surface area contributed by atoms with E-state index in [2.05, 4.69) is 10.3 Å². The molecule has 2 aromatic rings. The van der Waals surface area contributed by atoms with Crippen LogP contribution < -0.4 is 10.9 Å². The number of nitrogens with zero attached hydrogens (tertiary/aromatic N) is 2. The molecule has 2 atom stereocenters. The van der Waals surface area contributed by atoms with Crippen LogP contribution in [0.4, 0.5) is 0 Å². The van der Waals surface area contributed by atoms with Gasteiger partial charge in [-0.05, 0) is 31.4 Å². The van der Waals surface area contributed by atoms with Crippen molar-refractivity contribution in [2.24, 2.45) is 5.92 Å². The fraction of sp³-hybridized carbons (Fsp3) is 0.500. The largest absolute Gasteiger partial charge is 0.388 e. The van der Waals surface area contributed by atoms with E-state index in [9.17, 15) is 14.7 Å². The molecule has 24 heavy (non-hydrogen) atoms. The second kappa shape index (κ2) is 7.13.